The van der Waals surface area contributed by atoms with Gasteiger partial charge in [-0.25, -0.2) is 0 Å². The fourth-order valence-electron chi connectivity index (χ4n) is 1.50. The minimum atomic E-state index is 0.0790. The molecule has 0 saturated heterocycles. The molecule has 0 aliphatic rings. The monoisotopic (exact) mass is 330 g/mol. The molecule has 100 valence electrons. The van der Waals surface area contributed by atoms with Crippen molar-refractivity contribution < 1.29 is 4.79 Å². The molecule has 0 fully saturated rings. The van der Waals surface area contributed by atoms with E-state index in [4.69, 9.17) is 5.73 Å². The van der Waals surface area contributed by atoms with Crippen LogP contribution in [-0.2, 0) is 4.79 Å². The van der Waals surface area contributed by atoms with Crippen LogP contribution in [0.4, 0.5) is 0 Å². The number of nitrogens with one attached hydrogen (secondary N) is 1. The van der Waals surface area contributed by atoms with E-state index in [0.29, 0.717) is 12.3 Å². The highest BCUT2D eigenvalue weighted by Crippen LogP contribution is 2.29. The molecule has 5 heteroatoms. The zero-order valence-corrected chi connectivity index (χ0v) is 12.9. The van der Waals surface area contributed by atoms with Crippen LogP contribution in [0.5, 0.6) is 0 Å². The van der Waals surface area contributed by atoms with Gasteiger partial charge in [0, 0.05) is 22.8 Å². The summed E-state index contributed by atoms with van der Waals surface area (Å²) < 4.78 is 1.04. The van der Waals surface area contributed by atoms with Crippen molar-refractivity contribution in [3.63, 3.8) is 0 Å². The van der Waals surface area contributed by atoms with Gasteiger partial charge in [0.05, 0.1) is 5.75 Å². The molecule has 1 aromatic carbocycles. The minimum absolute atomic E-state index is 0.0790. The van der Waals surface area contributed by atoms with Crippen LogP contribution >= 0.6 is 27.7 Å². The maximum Gasteiger partial charge on any atom is 0.230 e. The van der Waals surface area contributed by atoms with Crippen molar-refractivity contribution in [2.24, 2.45) is 5.73 Å². The largest absolute Gasteiger partial charge is 0.355 e. The van der Waals surface area contributed by atoms with E-state index < -0.39 is 0 Å². The molecule has 0 spiro atoms. The third-order valence-electron chi connectivity index (χ3n) is 2.42. The number of nitrogens with two attached hydrogens (primary N) is 1. The Hall–Kier alpha value is -0.520. The van der Waals surface area contributed by atoms with Gasteiger partial charge in [0.25, 0.3) is 0 Å². The fraction of sp³-hybridized carbons (Fsp3) is 0.462. The van der Waals surface area contributed by atoms with E-state index in [-0.39, 0.29) is 11.2 Å². The van der Waals surface area contributed by atoms with E-state index in [1.54, 1.807) is 11.8 Å². The molecule has 0 bridgehead atoms. The Morgan fingerprint density at radius 1 is 1.56 bits per heavy atom. The number of halogens is 1. The average Bonchev–Trinajstić information content (AvgIpc) is 2.37. The maximum absolute atomic E-state index is 11.5. The maximum atomic E-state index is 11.5. The van der Waals surface area contributed by atoms with Crippen molar-refractivity contribution in [1.29, 1.82) is 0 Å². The number of carbonyl (C=O) groups is 1. The zero-order valence-electron chi connectivity index (χ0n) is 10.5. The van der Waals surface area contributed by atoms with Crippen molar-refractivity contribution in [2.45, 2.75) is 18.6 Å². The molecule has 0 aliphatic heterocycles. The number of amides is 1. The summed E-state index contributed by atoms with van der Waals surface area (Å²) in [6.07, 6.45) is 0.961. The Morgan fingerprint density at radius 3 is 2.94 bits per heavy atom. The van der Waals surface area contributed by atoms with Gasteiger partial charge in [-0.2, -0.15) is 0 Å². The smallest absolute Gasteiger partial charge is 0.230 e. The van der Waals surface area contributed by atoms with E-state index >= 15 is 0 Å². The summed E-state index contributed by atoms with van der Waals surface area (Å²) >= 11 is 5.03. The Kier molecular flexibility index (Phi) is 7.39. The molecule has 18 heavy (non-hydrogen) atoms. The zero-order chi connectivity index (χ0) is 13.4. The van der Waals surface area contributed by atoms with E-state index in [0.717, 1.165) is 23.0 Å². The number of carbonyl (C=O) groups excluding carboxylic acids is 1. The Labute approximate surface area is 121 Å². The van der Waals surface area contributed by atoms with E-state index in [9.17, 15) is 4.79 Å². The lowest BCUT2D eigenvalue weighted by Gasteiger charge is -2.15. The molecule has 3 nitrogen and oxygen atoms in total. The lowest BCUT2D eigenvalue weighted by molar-refractivity contribution is -0.118. The van der Waals surface area contributed by atoms with Gasteiger partial charge in [0.1, 0.15) is 0 Å². The third-order valence-corrected chi connectivity index (χ3v) is 4.21. The number of rotatable bonds is 7. The van der Waals surface area contributed by atoms with Gasteiger partial charge >= 0.3 is 0 Å². The highest BCUT2D eigenvalue weighted by molar-refractivity contribution is 9.10. The predicted octanol–water partition coefficient (Wildman–Crippen LogP) is 2.71. The van der Waals surface area contributed by atoms with Gasteiger partial charge in [0.2, 0.25) is 5.91 Å². The van der Waals surface area contributed by atoms with Gasteiger partial charge in [0.15, 0.2) is 0 Å². The highest BCUT2D eigenvalue weighted by Gasteiger charge is 2.12. The molecule has 1 atom stereocenters. The van der Waals surface area contributed by atoms with Gasteiger partial charge in [-0.1, -0.05) is 35.0 Å². The summed E-state index contributed by atoms with van der Waals surface area (Å²) in [6.45, 7) is 3.31. The van der Waals surface area contributed by atoms with Crippen molar-refractivity contribution in [3.8, 4) is 0 Å². The molecular formula is C13H19BrN2OS. The van der Waals surface area contributed by atoms with Crippen LogP contribution in [0, 0.1) is 0 Å². The average molecular weight is 331 g/mol. The minimum Gasteiger partial charge on any atom is -0.355 e. The molecule has 3 N–H and O–H groups in total. The van der Waals surface area contributed by atoms with Gasteiger partial charge in [-0.05, 0) is 24.1 Å². The first-order valence-corrected chi connectivity index (χ1v) is 7.85. The second-order valence-corrected chi connectivity index (χ2v) is 6.05. The third kappa shape index (κ3) is 5.42. The van der Waals surface area contributed by atoms with E-state index in [1.165, 1.54) is 0 Å². The molecule has 1 rings (SSSR count). The van der Waals surface area contributed by atoms with Crippen LogP contribution in [0.25, 0.3) is 0 Å². The van der Waals surface area contributed by atoms with Crippen molar-refractivity contribution in [1.82, 2.24) is 5.32 Å². The van der Waals surface area contributed by atoms with Gasteiger partial charge < -0.3 is 11.1 Å². The molecule has 0 aromatic heterocycles. The van der Waals surface area contributed by atoms with Crippen molar-refractivity contribution >= 4 is 33.6 Å². The second kappa shape index (κ2) is 8.56. The molecule has 1 amide bonds. The first-order valence-electron chi connectivity index (χ1n) is 6.01. The van der Waals surface area contributed by atoms with E-state index in [1.807, 2.05) is 25.1 Å². The number of hydrogen-bond donors (Lipinski definition) is 2. The fourth-order valence-corrected chi connectivity index (χ4v) is 2.85. The topological polar surface area (TPSA) is 55.1 Å². The van der Waals surface area contributed by atoms with Crippen LogP contribution in [0.15, 0.2) is 28.7 Å². The number of benzene rings is 1. The van der Waals surface area contributed by atoms with Crippen LogP contribution in [0.2, 0.25) is 0 Å². The first kappa shape index (κ1) is 15.5. The standard InChI is InChI=1S/C13H19BrN2OS/c1-2-6-16-13(17)9-18-12(8-15)10-4-3-5-11(14)7-10/h3-5,7,12H,2,6,8-9,15H2,1H3,(H,16,17). The summed E-state index contributed by atoms with van der Waals surface area (Å²) in [7, 11) is 0. The summed E-state index contributed by atoms with van der Waals surface area (Å²) in [5.41, 5.74) is 6.93. The molecule has 1 aromatic rings. The number of hydrogen-bond acceptors (Lipinski definition) is 3. The van der Waals surface area contributed by atoms with E-state index in [2.05, 4.69) is 27.3 Å². The number of thioether (sulfide) groups is 1. The van der Waals surface area contributed by atoms with Crippen LogP contribution < -0.4 is 11.1 Å². The summed E-state index contributed by atoms with van der Waals surface area (Å²) in [5, 5.41) is 3.03. The highest BCUT2D eigenvalue weighted by atomic mass is 79.9. The SMILES string of the molecule is CCCNC(=O)CSC(CN)c1cccc(Br)c1. The lowest BCUT2D eigenvalue weighted by Crippen LogP contribution is -2.26. The molecule has 1 unspecified atom stereocenters. The predicted molar refractivity (Wildman–Crippen MR) is 81.7 cm³/mol. The van der Waals surface area contributed by atoms with Crippen LogP contribution in [0.1, 0.15) is 24.2 Å². The van der Waals surface area contributed by atoms with Crippen LogP contribution in [0.3, 0.4) is 0 Å². The van der Waals surface area contributed by atoms with Crippen molar-refractivity contribution in [3.05, 3.63) is 34.3 Å². The molecule has 0 radical (unpaired) electrons. The van der Waals surface area contributed by atoms with Crippen molar-refractivity contribution in [2.75, 3.05) is 18.8 Å². The lowest BCUT2D eigenvalue weighted by atomic mass is 10.1. The van der Waals surface area contributed by atoms with Gasteiger partial charge in [-0.3, -0.25) is 4.79 Å². The molecular weight excluding hydrogens is 312 g/mol. The second-order valence-electron chi connectivity index (χ2n) is 3.94. The van der Waals surface area contributed by atoms with Crippen LogP contribution in [-0.4, -0.2) is 24.7 Å². The molecule has 0 saturated carbocycles. The molecule has 0 heterocycles. The Bertz CT molecular complexity index is 387. The summed E-state index contributed by atoms with van der Waals surface area (Å²) in [6, 6.07) is 8.06. The van der Waals surface area contributed by atoms with Gasteiger partial charge in [-0.15, -0.1) is 11.8 Å². The first-order chi connectivity index (χ1) is 8.67. The Balaban J connectivity index is 2.50. The Morgan fingerprint density at radius 2 is 2.33 bits per heavy atom. The summed E-state index contributed by atoms with van der Waals surface area (Å²) in [5.74, 6) is 0.532. The normalized spacial score (nSPS) is 12.2. The quantitative estimate of drug-likeness (QED) is 0.808. The molecule has 0 aliphatic carbocycles. The summed E-state index contributed by atoms with van der Waals surface area (Å²) in [4.78, 5) is 11.5.